The number of ether oxygens (including phenoxy) is 3. The monoisotopic (exact) mass is 428 g/mol. The van der Waals surface area contributed by atoms with Crippen molar-refractivity contribution in [2.75, 3.05) is 31.0 Å². The Morgan fingerprint density at radius 2 is 1.35 bits per heavy atom. The van der Waals surface area contributed by atoms with Crippen LogP contribution in [-0.4, -0.2) is 44.1 Å². The molecule has 0 fully saturated rings. The fourth-order valence-electron chi connectivity index (χ4n) is 2.43. The predicted molar refractivity (Wildman–Crippen MR) is 113 cm³/mol. The maximum Gasteiger partial charge on any atom is 0.338 e. The molecule has 164 valence electrons. The Labute approximate surface area is 179 Å². The summed E-state index contributed by atoms with van der Waals surface area (Å²) in [6.07, 6.45) is -0.245. The Balaban J connectivity index is 1.68. The predicted octanol–water partition coefficient (Wildman–Crippen LogP) is 2.77. The van der Waals surface area contributed by atoms with E-state index in [4.69, 9.17) is 14.2 Å². The Morgan fingerprint density at radius 1 is 0.774 bits per heavy atom. The minimum atomic E-state index is -0.669. The number of hydrogen-bond donors (Lipinski definition) is 2. The lowest BCUT2D eigenvalue weighted by atomic mass is 10.2. The van der Waals surface area contributed by atoms with Gasteiger partial charge in [0.05, 0.1) is 25.7 Å². The molecule has 0 heterocycles. The van der Waals surface area contributed by atoms with Gasteiger partial charge in [0, 0.05) is 17.8 Å². The standard InChI is InChI=1S/C22H24N2O7/c1-3-30-22(28)15-4-6-16(7-5-15)24-20(26)14-31-21(27)13-12-19(25)23-17-8-10-18(29-2)11-9-17/h4-11H,3,12-14H2,1-2H3,(H,23,25)(H,24,26). The van der Waals surface area contributed by atoms with Crippen molar-refractivity contribution >= 4 is 35.1 Å². The summed E-state index contributed by atoms with van der Waals surface area (Å²) in [5, 5.41) is 5.20. The lowest BCUT2D eigenvalue weighted by Crippen LogP contribution is -2.21. The van der Waals surface area contributed by atoms with Crippen LogP contribution in [0.2, 0.25) is 0 Å². The summed E-state index contributed by atoms with van der Waals surface area (Å²) in [6.45, 7) is 1.49. The Bertz CT molecular complexity index is 908. The Kier molecular flexibility index (Phi) is 9.03. The molecule has 2 N–H and O–H groups in total. The highest BCUT2D eigenvalue weighted by Crippen LogP contribution is 2.15. The molecule has 9 nitrogen and oxygen atoms in total. The van der Waals surface area contributed by atoms with E-state index in [0.29, 0.717) is 22.7 Å². The quantitative estimate of drug-likeness (QED) is 0.558. The molecule has 0 atom stereocenters. The molecule has 2 rings (SSSR count). The maximum absolute atomic E-state index is 11.9. The van der Waals surface area contributed by atoms with E-state index < -0.39 is 24.5 Å². The zero-order chi connectivity index (χ0) is 22.6. The molecule has 0 radical (unpaired) electrons. The van der Waals surface area contributed by atoms with Gasteiger partial charge in [0.25, 0.3) is 5.91 Å². The van der Waals surface area contributed by atoms with Gasteiger partial charge in [-0.3, -0.25) is 14.4 Å². The number of anilines is 2. The van der Waals surface area contributed by atoms with E-state index in [0.717, 1.165) is 0 Å². The van der Waals surface area contributed by atoms with Crippen molar-refractivity contribution in [1.29, 1.82) is 0 Å². The molecule has 0 aliphatic carbocycles. The van der Waals surface area contributed by atoms with E-state index in [-0.39, 0.29) is 25.4 Å². The van der Waals surface area contributed by atoms with E-state index >= 15 is 0 Å². The van der Waals surface area contributed by atoms with Crippen LogP contribution in [0.25, 0.3) is 0 Å². The smallest absolute Gasteiger partial charge is 0.338 e. The zero-order valence-corrected chi connectivity index (χ0v) is 17.3. The van der Waals surface area contributed by atoms with Gasteiger partial charge in [-0.25, -0.2) is 4.79 Å². The second-order valence-electron chi connectivity index (χ2n) is 6.28. The molecule has 0 saturated heterocycles. The number of hydrogen-bond acceptors (Lipinski definition) is 7. The van der Waals surface area contributed by atoms with Gasteiger partial charge in [0.15, 0.2) is 6.61 Å². The maximum atomic E-state index is 11.9. The largest absolute Gasteiger partial charge is 0.497 e. The third-order valence-corrected chi connectivity index (χ3v) is 3.97. The molecule has 9 heteroatoms. The number of carbonyl (C=O) groups is 4. The summed E-state index contributed by atoms with van der Waals surface area (Å²) in [4.78, 5) is 47.2. The number of benzene rings is 2. The summed E-state index contributed by atoms with van der Waals surface area (Å²) < 4.78 is 14.8. The molecule has 0 aliphatic rings. The molecule has 2 amide bonds. The van der Waals surface area contributed by atoms with Gasteiger partial charge in [-0.05, 0) is 55.5 Å². The fourth-order valence-corrected chi connectivity index (χ4v) is 2.43. The highest BCUT2D eigenvalue weighted by Gasteiger charge is 2.12. The highest BCUT2D eigenvalue weighted by atomic mass is 16.5. The zero-order valence-electron chi connectivity index (χ0n) is 17.3. The van der Waals surface area contributed by atoms with Gasteiger partial charge in [-0.2, -0.15) is 0 Å². The number of rotatable bonds is 10. The van der Waals surface area contributed by atoms with Crippen molar-refractivity contribution in [3.05, 3.63) is 54.1 Å². The fraction of sp³-hybridized carbons (Fsp3) is 0.273. The van der Waals surface area contributed by atoms with E-state index in [1.807, 2.05) is 0 Å². The van der Waals surface area contributed by atoms with Crippen LogP contribution >= 0.6 is 0 Å². The van der Waals surface area contributed by atoms with E-state index in [9.17, 15) is 19.2 Å². The normalized spacial score (nSPS) is 10.0. The molecular weight excluding hydrogens is 404 g/mol. The van der Waals surface area contributed by atoms with Crippen LogP contribution in [-0.2, 0) is 23.9 Å². The lowest BCUT2D eigenvalue weighted by molar-refractivity contribution is -0.147. The summed E-state index contributed by atoms with van der Waals surface area (Å²) >= 11 is 0. The van der Waals surface area contributed by atoms with Crippen molar-refractivity contribution in [2.45, 2.75) is 19.8 Å². The van der Waals surface area contributed by atoms with Crippen LogP contribution in [0.4, 0.5) is 11.4 Å². The van der Waals surface area contributed by atoms with Crippen LogP contribution in [0.5, 0.6) is 5.75 Å². The second-order valence-corrected chi connectivity index (χ2v) is 6.28. The first kappa shape index (κ1) is 23.4. The molecular formula is C22H24N2O7. The molecule has 0 spiro atoms. The van der Waals surface area contributed by atoms with Crippen molar-refractivity contribution < 1.29 is 33.4 Å². The van der Waals surface area contributed by atoms with E-state index in [2.05, 4.69) is 10.6 Å². The first-order valence-electron chi connectivity index (χ1n) is 9.57. The van der Waals surface area contributed by atoms with Gasteiger partial charge in [-0.15, -0.1) is 0 Å². The lowest BCUT2D eigenvalue weighted by Gasteiger charge is -2.08. The number of nitrogens with one attached hydrogen (secondary N) is 2. The minimum Gasteiger partial charge on any atom is -0.497 e. The van der Waals surface area contributed by atoms with Crippen LogP contribution in [0, 0.1) is 0 Å². The van der Waals surface area contributed by atoms with Gasteiger partial charge in [0.1, 0.15) is 5.75 Å². The molecule has 0 bridgehead atoms. The average molecular weight is 428 g/mol. The number of amides is 2. The van der Waals surface area contributed by atoms with Crippen LogP contribution in [0.1, 0.15) is 30.1 Å². The Hall–Kier alpha value is -3.88. The second kappa shape index (κ2) is 12.0. The SMILES string of the molecule is CCOC(=O)c1ccc(NC(=O)COC(=O)CCC(=O)Nc2ccc(OC)cc2)cc1. The first-order chi connectivity index (χ1) is 14.9. The van der Waals surface area contributed by atoms with Gasteiger partial charge in [-0.1, -0.05) is 0 Å². The number of esters is 2. The molecule has 0 saturated carbocycles. The van der Waals surface area contributed by atoms with Crippen LogP contribution in [0.3, 0.4) is 0 Å². The van der Waals surface area contributed by atoms with Crippen LogP contribution in [0.15, 0.2) is 48.5 Å². The number of carbonyl (C=O) groups excluding carboxylic acids is 4. The third kappa shape index (κ3) is 8.17. The van der Waals surface area contributed by atoms with Crippen molar-refractivity contribution in [3.63, 3.8) is 0 Å². The Morgan fingerprint density at radius 3 is 1.94 bits per heavy atom. The minimum absolute atomic E-state index is 0.0815. The van der Waals surface area contributed by atoms with Gasteiger partial charge in [0.2, 0.25) is 5.91 Å². The van der Waals surface area contributed by atoms with Gasteiger partial charge < -0.3 is 24.8 Å². The first-order valence-corrected chi connectivity index (χ1v) is 9.57. The summed E-state index contributed by atoms with van der Waals surface area (Å²) in [6, 6.07) is 12.9. The third-order valence-electron chi connectivity index (χ3n) is 3.97. The summed E-state index contributed by atoms with van der Waals surface area (Å²) in [5.41, 5.74) is 1.37. The van der Waals surface area contributed by atoms with Gasteiger partial charge >= 0.3 is 11.9 Å². The summed E-state index contributed by atoms with van der Waals surface area (Å²) in [7, 11) is 1.54. The molecule has 0 aliphatic heterocycles. The molecule has 0 aromatic heterocycles. The van der Waals surface area contributed by atoms with Crippen molar-refractivity contribution in [2.24, 2.45) is 0 Å². The van der Waals surface area contributed by atoms with E-state index in [1.54, 1.807) is 38.3 Å². The van der Waals surface area contributed by atoms with Crippen molar-refractivity contribution in [1.82, 2.24) is 0 Å². The summed E-state index contributed by atoms with van der Waals surface area (Å²) in [5.74, 6) is -1.36. The average Bonchev–Trinajstić information content (AvgIpc) is 2.77. The highest BCUT2D eigenvalue weighted by molar-refractivity contribution is 5.95. The van der Waals surface area contributed by atoms with Crippen LogP contribution < -0.4 is 15.4 Å². The van der Waals surface area contributed by atoms with E-state index in [1.165, 1.54) is 24.3 Å². The topological polar surface area (TPSA) is 120 Å². The molecule has 2 aromatic rings. The molecule has 0 unspecified atom stereocenters. The number of methoxy groups -OCH3 is 1. The van der Waals surface area contributed by atoms with Crippen molar-refractivity contribution in [3.8, 4) is 5.75 Å². The molecule has 31 heavy (non-hydrogen) atoms. The molecule has 2 aromatic carbocycles.